The molecular formula is C28H34N2NiS2. The largest absolute Gasteiger partial charge is 0.358 e. The van der Waals surface area contributed by atoms with Crippen LogP contribution in [0, 0.1) is 35.6 Å². The van der Waals surface area contributed by atoms with E-state index in [-0.39, 0.29) is 38.8 Å². The van der Waals surface area contributed by atoms with Gasteiger partial charge in [0.1, 0.15) is 10.1 Å². The normalized spacial score (nSPS) is 15.0. The molecule has 0 atom stereocenters. The van der Waals surface area contributed by atoms with Gasteiger partial charge in [0, 0.05) is 41.0 Å². The summed E-state index contributed by atoms with van der Waals surface area (Å²) in [6, 6.07) is 23.2. The number of aryl methyl sites for hydroxylation is 3. The van der Waals surface area contributed by atoms with Gasteiger partial charge in [-0.25, -0.2) is 9.98 Å². The van der Waals surface area contributed by atoms with Crippen molar-refractivity contribution < 1.29 is 16.5 Å². The first-order valence-electron chi connectivity index (χ1n) is 9.78. The Morgan fingerprint density at radius 3 is 1.64 bits per heavy atom. The first-order chi connectivity index (χ1) is 14.1. The molecule has 1 aliphatic rings. The summed E-state index contributed by atoms with van der Waals surface area (Å²) in [5.74, 6) is 2.12. The summed E-state index contributed by atoms with van der Waals surface area (Å²) >= 11 is 3.62. The summed E-state index contributed by atoms with van der Waals surface area (Å²) in [4.78, 5) is 10.2. The molecule has 0 saturated carbocycles. The van der Waals surface area contributed by atoms with Crippen molar-refractivity contribution in [3.8, 4) is 11.1 Å². The van der Waals surface area contributed by atoms with Gasteiger partial charge in [0.05, 0.1) is 11.4 Å². The van der Waals surface area contributed by atoms with E-state index in [0.29, 0.717) is 0 Å². The number of hydrogen-bond acceptors (Lipinski definition) is 4. The monoisotopic (exact) mass is 520 g/mol. The molecule has 178 valence electrons. The molecule has 0 unspecified atom stereocenters. The van der Waals surface area contributed by atoms with E-state index in [1.807, 2.05) is 29.6 Å². The maximum atomic E-state index is 5.16. The Morgan fingerprint density at radius 1 is 0.636 bits per heavy atom. The van der Waals surface area contributed by atoms with E-state index in [9.17, 15) is 0 Å². The van der Waals surface area contributed by atoms with Crippen LogP contribution in [0.1, 0.15) is 24.1 Å². The van der Waals surface area contributed by atoms with Gasteiger partial charge in [0.15, 0.2) is 0 Å². The van der Waals surface area contributed by atoms with E-state index in [1.54, 1.807) is 0 Å². The van der Waals surface area contributed by atoms with Crippen LogP contribution in [0.25, 0.3) is 11.1 Å². The maximum Gasteiger partial charge on any atom is 0.129 e. The molecule has 0 N–H and O–H groups in total. The predicted molar refractivity (Wildman–Crippen MR) is 151 cm³/mol. The molecule has 0 aliphatic carbocycles. The van der Waals surface area contributed by atoms with Crippen molar-refractivity contribution in [2.45, 2.75) is 28.2 Å². The third-order valence-corrected chi connectivity index (χ3v) is 7.25. The van der Waals surface area contributed by atoms with Crippen molar-refractivity contribution in [3.05, 3.63) is 98.3 Å². The van der Waals surface area contributed by atoms with Crippen molar-refractivity contribution in [1.82, 2.24) is 0 Å². The molecule has 1 aliphatic heterocycles. The summed E-state index contributed by atoms with van der Waals surface area (Å²) in [6.45, 7) is 6.38. The van der Waals surface area contributed by atoms with E-state index < -0.39 is 0 Å². The topological polar surface area (TPSA) is 24.7 Å². The van der Waals surface area contributed by atoms with Gasteiger partial charge < -0.3 is 7.43 Å². The van der Waals surface area contributed by atoms with Crippen LogP contribution in [0.3, 0.4) is 0 Å². The van der Waals surface area contributed by atoms with Crippen LogP contribution < -0.4 is 0 Å². The van der Waals surface area contributed by atoms with Crippen LogP contribution >= 0.6 is 23.5 Å². The van der Waals surface area contributed by atoms with Crippen LogP contribution in [0.4, 0.5) is 11.4 Å². The second kappa shape index (κ2) is 14.4. The summed E-state index contributed by atoms with van der Waals surface area (Å²) in [5, 5.41) is 2.05. The van der Waals surface area contributed by atoms with E-state index in [4.69, 9.17) is 9.98 Å². The quantitative estimate of drug-likeness (QED) is 0.254. The van der Waals surface area contributed by atoms with Crippen molar-refractivity contribution >= 4 is 45.0 Å². The maximum absolute atomic E-state index is 5.16. The van der Waals surface area contributed by atoms with Crippen LogP contribution in [0.2, 0.25) is 0 Å². The van der Waals surface area contributed by atoms with Gasteiger partial charge >= 0.3 is 0 Å². The number of rotatable bonds is 3. The minimum absolute atomic E-state index is 0. The second-order valence-corrected chi connectivity index (χ2v) is 9.28. The molecule has 4 rings (SSSR count). The molecule has 1 fully saturated rings. The molecule has 1 heterocycles. The standard InChI is InChI=1S/C25H24N2S2.CH4.2CH3.Ni/c1-17-9-7-10-18(2)22(17)26-24-25(29-16-15-28-24)27-23-19(3)11-8-14-21(23)20-12-5-4-6-13-20;;;;/h4-14H,15-16H2,1-3H3;1H4;2*1H3;/q;;-1;+1;. The SMILES string of the molecule is C.Cc1cccc(C)c1N=C1SCCSC1=Nc1c(C)cccc1-c1ccccc1.[CH3+].[CH3-].[Ni]. The Hall–Kier alpha value is -1.94. The fraction of sp³-hybridized carbons (Fsp3) is 0.214. The van der Waals surface area contributed by atoms with Gasteiger partial charge in [-0.3, -0.25) is 0 Å². The van der Waals surface area contributed by atoms with Crippen LogP contribution in [-0.4, -0.2) is 21.6 Å². The molecular weight excluding hydrogens is 487 g/mol. The van der Waals surface area contributed by atoms with E-state index in [0.717, 1.165) is 33.0 Å². The van der Waals surface area contributed by atoms with Gasteiger partial charge in [-0.1, -0.05) is 74.2 Å². The van der Waals surface area contributed by atoms with Crippen molar-refractivity contribution in [2.24, 2.45) is 9.98 Å². The van der Waals surface area contributed by atoms with E-state index >= 15 is 0 Å². The van der Waals surface area contributed by atoms with Gasteiger partial charge in [-0.05, 0) is 43.0 Å². The molecule has 2 nitrogen and oxygen atoms in total. The van der Waals surface area contributed by atoms with Crippen molar-refractivity contribution in [1.29, 1.82) is 0 Å². The first kappa shape index (κ1) is 31.1. The van der Waals surface area contributed by atoms with Crippen LogP contribution in [-0.2, 0) is 16.5 Å². The Labute approximate surface area is 219 Å². The van der Waals surface area contributed by atoms with Crippen LogP contribution in [0.5, 0.6) is 0 Å². The molecule has 0 radical (unpaired) electrons. The number of aliphatic imine (C=N–C) groups is 2. The Balaban J connectivity index is 0.00000256. The average Bonchev–Trinajstić information content (AvgIpc) is 2.74. The predicted octanol–water partition coefficient (Wildman–Crippen LogP) is 9.05. The minimum Gasteiger partial charge on any atom is -0.358 e. The minimum atomic E-state index is 0. The fourth-order valence-corrected chi connectivity index (χ4v) is 5.46. The number of nitrogens with zero attached hydrogens (tertiary/aromatic N) is 2. The zero-order chi connectivity index (χ0) is 20.2. The van der Waals surface area contributed by atoms with E-state index in [2.05, 4.69) is 81.4 Å². The summed E-state index contributed by atoms with van der Waals surface area (Å²) in [6.07, 6.45) is 0. The van der Waals surface area contributed by atoms with Gasteiger partial charge in [-0.2, -0.15) is 0 Å². The van der Waals surface area contributed by atoms with Crippen molar-refractivity contribution in [3.63, 3.8) is 0 Å². The molecule has 3 aromatic carbocycles. The smallest absolute Gasteiger partial charge is 0.129 e. The van der Waals surface area contributed by atoms with Crippen molar-refractivity contribution in [2.75, 3.05) is 11.5 Å². The molecule has 5 heteroatoms. The van der Waals surface area contributed by atoms with E-state index in [1.165, 1.54) is 27.8 Å². The zero-order valence-corrected chi connectivity index (χ0v) is 21.9. The number of thioether (sulfide) groups is 2. The number of benzene rings is 3. The Morgan fingerprint density at radius 2 is 1.09 bits per heavy atom. The Bertz CT molecular complexity index is 1070. The zero-order valence-electron chi connectivity index (χ0n) is 19.3. The first-order valence-corrected chi connectivity index (χ1v) is 11.7. The third-order valence-electron chi connectivity index (χ3n) is 4.93. The second-order valence-electron chi connectivity index (χ2n) is 7.11. The van der Waals surface area contributed by atoms with Gasteiger partial charge in [0.25, 0.3) is 0 Å². The van der Waals surface area contributed by atoms with Gasteiger partial charge in [-0.15, -0.1) is 23.5 Å². The molecule has 3 aromatic rings. The number of para-hydroxylation sites is 2. The Kier molecular flexibility index (Phi) is 13.5. The molecule has 1 saturated heterocycles. The average molecular weight is 521 g/mol. The van der Waals surface area contributed by atoms with Crippen LogP contribution in [0.15, 0.2) is 76.7 Å². The molecule has 0 bridgehead atoms. The molecule has 0 amide bonds. The summed E-state index contributed by atoms with van der Waals surface area (Å²) < 4.78 is 0. The molecule has 33 heavy (non-hydrogen) atoms. The molecule has 0 aromatic heterocycles. The summed E-state index contributed by atoms with van der Waals surface area (Å²) in [5.41, 5.74) is 8.05. The number of hydrogen-bond donors (Lipinski definition) is 0. The van der Waals surface area contributed by atoms with Gasteiger partial charge in [0.2, 0.25) is 0 Å². The fourth-order valence-electron chi connectivity index (χ4n) is 3.40. The summed E-state index contributed by atoms with van der Waals surface area (Å²) in [7, 11) is 0. The molecule has 0 spiro atoms. The third kappa shape index (κ3) is 7.27.